The first-order valence-electron chi connectivity index (χ1n) is 14.4. The highest BCUT2D eigenvalue weighted by Crippen LogP contribution is 2.46. The summed E-state index contributed by atoms with van der Waals surface area (Å²) in [5, 5.41) is 9.74. The van der Waals surface area contributed by atoms with E-state index in [1.54, 1.807) is 16.7 Å². The Balaban J connectivity index is 1.21. The molecular formula is C28H34F9N3O4. The summed E-state index contributed by atoms with van der Waals surface area (Å²) in [4.78, 5) is 17.4. The van der Waals surface area contributed by atoms with Crippen LogP contribution in [-0.4, -0.2) is 91.1 Å². The predicted octanol–water partition coefficient (Wildman–Crippen LogP) is 5.88. The Hall–Kier alpha value is -2.30. The molecule has 7 nitrogen and oxygen atoms in total. The van der Waals surface area contributed by atoms with Crippen molar-refractivity contribution in [1.82, 2.24) is 9.80 Å². The van der Waals surface area contributed by atoms with Crippen LogP contribution < -0.4 is 4.90 Å². The lowest BCUT2D eigenvalue weighted by molar-refractivity contribution is -0.330. The Kier molecular flexibility index (Phi) is 8.64. The average molecular weight is 648 g/mol. The molecule has 3 atom stereocenters. The molecule has 0 radical (unpaired) electrons. The number of anilines is 1. The van der Waals surface area contributed by atoms with Gasteiger partial charge in [-0.25, -0.2) is 0 Å². The van der Waals surface area contributed by atoms with Crippen molar-refractivity contribution in [1.29, 1.82) is 0 Å². The number of benzene rings is 1. The lowest BCUT2D eigenvalue weighted by Gasteiger charge is -2.40. The van der Waals surface area contributed by atoms with Gasteiger partial charge in [-0.05, 0) is 68.7 Å². The second-order valence-corrected chi connectivity index (χ2v) is 12.7. The molecule has 2 unspecified atom stereocenters. The van der Waals surface area contributed by atoms with Gasteiger partial charge in [-0.15, -0.1) is 0 Å². The summed E-state index contributed by atoms with van der Waals surface area (Å²) in [6, 6.07) is 3.56. The third kappa shape index (κ3) is 7.07. The molecule has 4 heterocycles. The molecule has 44 heavy (non-hydrogen) atoms. The number of carbonyl (C=O) groups is 1. The molecule has 4 fully saturated rings. The average Bonchev–Trinajstić information content (AvgIpc) is 3.58. The molecule has 5 rings (SSSR count). The van der Waals surface area contributed by atoms with Crippen LogP contribution in [0.1, 0.15) is 50.2 Å². The van der Waals surface area contributed by atoms with Crippen LogP contribution in [-0.2, 0) is 27.0 Å². The van der Waals surface area contributed by atoms with E-state index in [0.29, 0.717) is 76.2 Å². The number of carboxylic acid groups (broad SMARTS) is 1. The fourth-order valence-electron chi connectivity index (χ4n) is 6.78. The molecule has 0 bridgehead atoms. The number of piperidine rings is 2. The second-order valence-electron chi connectivity index (χ2n) is 12.7. The van der Waals surface area contributed by atoms with Gasteiger partial charge in [0.05, 0.1) is 11.0 Å². The van der Waals surface area contributed by atoms with Crippen molar-refractivity contribution in [3.8, 4) is 0 Å². The van der Waals surface area contributed by atoms with E-state index in [4.69, 9.17) is 4.74 Å². The largest absolute Gasteiger partial charge is 0.481 e. The van der Waals surface area contributed by atoms with Crippen LogP contribution in [0.15, 0.2) is 18.2 Å². The molecule has 4 aliphatic rings. The molecule has 1 aromatic rings. The van der Waals surface area contributed by atoms with Crippen LogP contribution in [0.3, 0.4) is 0 Å². The van der Waals surface area contributed by atoms with E-state index in [9.17, 15) is 49.4 Å². The Labute approximate surface area is 247 Å². The molecule has 0 amide bonds. The maximum absolute atomic E-state index is 13.6. The zero-order chi connectivity index (χ0) is 32.3. The second kappa shape index (κ2) is 11.5. The topological polar surface area (TPSA) is 68.8 Å². The lowest BCUT2D eigenvalue weighted by Crippen LogP contribution is -2.47. The quantitative estimate of drug-likeness (QED) is 0.293. The van der Waals surface area contributed by atoms with Crippen LogP contribution in [0.5, 0.6) is 0 Å². The molecule has 4 aliphatic heterocycles. The van der Waals surface area contributed by atoms with E-state index in [1.165, 1.54) is 6.07 Å². The van der Waals surface area contributed by atoms with Gasteiger partial charge in [0, 0.05) is 45.0 Å². The third-order valence-electron chi connectivity index (χ3n) is 9.39. The Morgan fingerprint density at radius 3 is 2.20 bits per heavy atom. The predicted molar refractivity (Wildman–Crippen MR) is 137 cm³/mol. The SMILES string of the molecule is CC1(C(=O)O)CCCN(c2cc(C(F)(F)F)ccc2CN2CCC3(CCN([C@H]4OC4OC(C(F)(F)F)C(F)(F)F)CC3)C2)C1. The van der Waals surface area contributed by atoms with Gasteiger partial charge in [0.1, 0.15) is 0 Å². The molecule has 1 N–H and O–H groups in total. The number of hydrogen-bond acceptors (Lipinski definition) is 6. The van der Waals surface area contributed by atoms with Gasteiger partial charge < -0.3 is 19.5 Å². The monoisotopic (exact) mass is 647 g/mol. The number of likely N-dealkylation sites (tertiary alicyclic amines) is 2. The maximum atomic E-state index is 13.6. The van der Waals surface area contributed by atoms with Gasteiger partial charge in [-0.2, -0.15) is 39.5 Å². The number of carboxylic acids is 1. The summed E-state index contributed by atoms with van der Waals surface area (Å²) in [6.45, 7) is 4.48. The van der Waals surface area contributed by atoms with Gasteiger partial charge in [0.25, 0.3) is 6.10 Å². The van der Waals surface area contributed by atoms with Crippen LogP contribution in [0.4, 0.5) is 45.2 Å². The van der Waals surface area contributed by atoms with Gasteiger partial charge in [-0.1, -0.05) is 6.07 Å². The van der Waals surface area contributed by atoms with E-state index in [-0.39, 0.29) is 12.0 Å². The minimum absolute atomic E-state index is 0.0804. The van der Waals surface area contributed by atoms with Crippen LogP contribution in [0.25, 0.3) is 0 Å². The Morgan fingerprint density at radius 2 is 1.61 bits per heavy atom. The summed E-state index contributed by atoms with van der Waals surface area (Å²) >= 11 is 0. The minimum atomic E-state index is -5.62. The van der Waals surface area contributed by atoms with Gasteiger partial charge in [-0.3, -0.25) is 14.6 Å². The summed E-state index contributed by atoms with van der Waals surface area (Å²) in [6.07, 6.45) is -19.4. The zero-order valence-electron chi connectivity index (χ0n) is 23.9. The van der Waals surface area contributed by atoms with Crippen molar-refractivity contribution in [2.24, 2.45) is 10.8 Å². The van der Waals surface area contributed by atoms with E-state index < -0.39 is 54.1 Å². The first kappa shape index (κ1) is 33.1. The molecular weight excluding hydrogens is 613 g/mol. The fourth-order valence-corrected chi connectivity index (χ4v) is 6.78. The van der Waals surface area contributed by atoms with Crippen molar-refractivity contribution in [2.45, 2.75) is 82.7 Å². The van der Waals surface area contributed by atoms with E-state index >= 15 is 0 Å². The number of hydrogen-bond donors (Lipinski definition) is 1. The van der Waals surface area contributed by atoms with E-state index in [2.05, 4.69) is 9.64 Å². The van der Waals surface area contributed by atoms with Crippen molar-refractivity contribution in [3.63, 3.8) is 0 Å². The molecule has 0 saturated carbocycles. The van der Waals surface area contributed by atoms with Crippen molar-refractivity contribution >= 4 is 11.7 Å². The zero-order valence-corrected chi connectivity index (χ0v) is 23.9. The molecule has 16 heteroatoms. The smallest absolute Gasteiger partial charge is 0.423 e. The summed E-state index contributed by atoms with van der Waals surface area (Å²) in [7, 11) is 0. The number of rotatable bonds is 7. The van der Waals surface area contributed by atoms with Crippen LogP contribution >= 0.6 is 0 Å². The highest BCUT2D eigenvalue weighted by Gasteiger charge is 2.62. The summed E-state index contributed by atoms with van der Waals surface area (Å²) < 4.78 is 127. The number of nitrogens with zero attached hydrogens (tertiary/aromatic N) is 3. The number of aliphatic carboxylic acids is 1. The van der Waals surface area contributed by atoms with E-state index in [0.717, 1.165) is 18.6 Å². The minimum Gasteiger partial charge on any atom is -0.481 e. The standard InChI is InChI=1S/C28H34F9N3O4/c1-24(23(41)42)5-2-9-40(15-24)19-13-18(26(29,30)31)4-3-17(19)14-38-10-6-25(16-38)7-11-39(12-8-25)20-21(43-20)44-22(27(32,33)34)28(35,36)37/h3-4,13,20-22H,2,5-12,14-16H2,1H3,(H,41,42)/t20-,21?,24?/m0/s1. The first-order chi connectivity index (χ1) is 20.3. The highest BCUT2D eigenvalue weighted by atomic mass is 19.4. The number of epoxide rings is 1. The Morgan fingerprint density at radius 1 is 0.977 bits per heavy atom. The normalized spacial score (nSPS) is 28.7. The Bertz CT molecular complexity index is 1200. The van der Waals surface area contributed by atoms with Gasteiger partial charge >= 0.3 is 24.5 Å². The third-order valence-corrected chi connectivity index (χ3v) is 9.39. The number of ether oxygens (including phenoxy) is 2. The maximum Gasteiger partial charge on any atom is 0.423 e. The highest BCUT2D eigenvalue weighted by molar-refractivity contribution is 5.75. The van der Waals surface area contributed by atoms with Crippen molar-refractivity contribution < 1.29 is 58.9 Å². The molecule has 0 aliphatic carbocycles. The van der Waals surface area contributed by atoms with E-state index in [1.807, 2.05) is 0 Å². The summed E-state index contributed by atoms with van der Waals surface area (Å²) in [5.74, 6) is -1.00. The number of alkyl halides is 9. The van der Waals surface area contributed by atoms with Gasteiger partial charge in [0.15, 0.2) is 6.23 Å². The van der Waals surface area contributed by atoms with Gasteiger partial charge in [0.2, 0.25) is 6.29 Å². The summed E-state index contributed by atoms with van der Waals surface area (Å²) in [5.41, 5.74) is -1.06. The number of halogens is 9. The molecule has 1 spiro atoms. The van der Waals surface area contributed by atoms with Crippen LogP contribution in [0.2, 0.25) is 0 Å². The first-order valence-corrected chi connectivity index (χ1v) is 14.4. The van der Waals surface area contributed by atoms with Crippen molar-refractivity contribution in [3.05, 3.63) is 29.3 Å². The lowest BCUT2D eigenvalue weighted by atomic mass is 9.78. The van der Waals surface area contributed by atoms with Crippen molar-refractivity contribution in [2.75, 3.05) is 44.2 Å². The molecule has 0 aromatic heterocycles. The molecule has 4 saturated heterocycles. The van der Waals surface area contributed by atoms with Crippen LogP contribution in [0, 0.1) is 10.8 Å². The molecule has 1 aromatic carbocycles. The fraction of sp³-hybridized carbons (Fsp3) is 0.750. The molecule has 248 valence electrons.